The third-order valence-corrected chi connectivity index (χ3v) is 4.32. The molecule has 2 heterocycles. The average molecular weight is 296 g/mol. The molecule has 0 aliphatic carbocycles. The standard InChI is InChI=1S/C14H24N4O3/c1-13(2,3)21-12(19)18-7-4-14(5-8-18)6-9-20-11(14)10-16-17-15/h11H,4-10H2,1-3H3. The van der Waals surface area contributed by atoms with Gasteiger partial charge in [0.1, 0.15) is 5.60 Å². The maximum atomic E-state index is 12.1. The average Bonchev–Trinajstić information content (AvgIpc) is 2.78. The first-order valence-corrected chi connectivity index (χ1v) is 7.47. The number of piperidine rings is 1. The normalized spacial score (nSPS) is 24.7. The Labute approximate surface area is 125 Å². The number of ether oxygens (including phenoxy) is 2. The van der Waals surface area contributed by atoms with Crippen LogP contribution < -0.4 is 0 Å². The van der Waals surface area contributed by atoms with Gasteiger partial charge in [0.2, 0.25) is 0 Å². The third kappa shape index (κ3) is 3.80. The zero-order valence-corrected chi connectivity index (χ0v) is 13.0. The van der Waals surface area contributed by atoms with Crippen molar-refractivity contribution in [3.63, 3.8) is 0 Å². The highest BCUT2D eigenvalue weighted by atomic mass is 16.6. The number of amides is 1. The van der Waals surface area contributed by atoms with E-state index in [1.54, 1.807) is 4.90 Å². The molecule has 2 aliphatic rings. The largest absolute Gasteiger partial charge is 0.444 e. The minimum absolute atomic E-state index is 0.0193. The van der Waals surface area contributed by atoms with Crippen LogP contribution in [0.4, 0.5) is 4.79 Å². The summed E-state index contributed by atoms with van der Waals surface area (Å²) in [7, 11) is 0. The van der Waals surface area contributed by atoms with E-state index in [9.17, 15) is 4.79 Å². The van der Waals surface area contributed by atoms with Gasteiger partial charge in [-0.2, -0.15) is 0 Å². The molecule has 1 amide bonds. The topological polar surface area (TPSA) is 87.5 Å². The molecule has 1 spiro atoms. The van der Waals surface area contributed by atoms with Crippen LogP contribution in [0, 0.1) is 5.41 Å². The fourth-order valence-corrected chi connectivity index (χ4v) is 3.13. The van der Waals surface area contributed by atoms with Crippen molar-refractivity contribution in [1.82, 2.24) is 4.90 Å². The van der Waals surface area contributed by atoms with Crippen LogP contribution in [0.15, 0.2) is 5.11 Å². The maximum Gasteiger partial charge on any atom is 0.410 e. The summed E-state index contributed by atoms with van der Waals surface area (Å²) in [5, 5.41) is 3.66. The number of carbonyl (C=O) groups excluding carboxylic acids is 1. The molecule has 2 aliphatic heterocycles. The lowest BCUT2D eigenvalue weighted by atomic mass is 9.73. The molecule has 7 nitrogen and oxygen atoms in total. The first kappa shape index (κ1) is 15.9. The van der Waals surface area contributed by atoms with Gasteiger partial charge in [-0.3, -0.25) is 0 Å². The minimum Gasteiger partial charge on any atom is -0.444 e. The fourth-order valence-electron chi connectivity index (χ4n) is 3.13. The molecule has 1 atom stereocenters. The third-order valence-electron chi connectivity index (χ3n) is 4.32. The van der Waals surface area contributed by atoms with Crippen molar-refractivity contribution < 1.29 is 14.3 Å². The lowest BCUT2D eigenvalue weighted by Gasteiger charge is -2.41. The second kappa shape index (κ2) is 6.12. The van der Waals surface area contributed by atoms with E-state index >= 15 is 0 Å². The summed E-state index contributed by atoms with van der Waals surface area (Å²) in [4.78, 5) is 16.7. The second-order valence-electron chi connectivity index (χ2n) is 6.85. The van der Waals surface area contributed by atoms with E-state index < -0.39 is 5.60 Å². The number of likely N-dealkylation sites (tertiary alicyclic amines) is 1. The Morgan fingerprint density at radius 2 is 2.10 bits per heavy atom. The number of hydrogen-bond acceptors (Lipinski definition) is 4. The molecule has 0 aromatic rings. The summed E-state index contributed by atoms with van der Waals surface area (Å²) in [5.41, 5.74) is 8.05. The van der Waals surface area contributed by atoms with Crippen molar-refractivity contribution in [1.29, 1.82) is 0 Å². The summed E-state index contributed by atoms with van der Waals surface area (Å²) in [6.45, 7) is 8.04. The highest BCUT2D eigenvalue weighted by Gasteiger charge is 2.46. The maximum absolute atomic E-state index is 12.1. The fraction of sp³-hybridized carbons (Fsp3) is 0.929. The van der Waals surface area contributed by atoms with Gasteiger partial charge in [0, 0.05) is 30.0 Å². The predicted molar refractivity (Wildman–Crippen MR) is 77.8 cm³/mol. The van der Waals surface area contributed by atoms with E-state index in [-0.39, 0.29) is 17.6 Å². The van der Waals surface area contributed by atoms with E-state index in [1.165, 1.54) is 0 Å². The number of azide groups is 1. The molecule has 0 radical (unpaired) electrons. The smallest absolute Gasteiger partial charge is 0.410 e. The van der Waals surface area contributed by atoms with Crippen LogP contribution in [0.1, 0.15) is 40.0 Å². The van der Waals surface area contributed by atoms with Crippen LogP contribution in [0.3, 0.4) is 0 Å². The van der Waals surface area contributed by atoms with Crippen molar-refractivity contribution in [2.24, 2.45) is 10.5 Å². The molecule has 0 aromatic carbocycles. The van der Waals surface area contributed by atoms with E-state index in [0.717, 1.165) is 19.3 Å². The quantitative estimate of drug-likeness (QED) is 0.445. The van der Waals surface area contributed by atoms with Crippen LogP contribution in [0.5, 0.6) is 0 Å². The van der Waals surface area contributed by atoms with Crippen LogP contribution in [0.2, 0.25) is 0 Å². The lowest BCUT2D eigenvalue weighted by Crippen LogP contribution is -2.48. The van der Waals surface area contributed by atoms with Crippen LogP contribution in [-0.4, -0.2) is 48.9 Å². The Balaban J connectivity index is 1.93. The lowest BCUT2D eigenvalue weighted by molar-refractivity contribution is -0.00840. The van der Waals surface area contributed by atoms with Gasteiger partial charge in [-0.15, -0.1) is 0 Å². The second-order valence-corrected chi connectivity index (χ2v) is 6.85. The Bertz CT molecular complexity index is 432. The van der Waals surface area contributed by atoms with Crippen LogP contribution in [0.25, 0.3) is 10.4 Å². The molecule has 7 heteroatoms. The van der Waals surface area contributed by atoms with E-state index in [2.05, 4.69) is 10.0 Å². The van der Waals surface area contributed by atoms with Crippen LogP contribution >= 0.6 is 0 Å². The van der Waals surface area contributed by atoms with Gasteiger partial charge in [-0.05, 0) is 45.6 Å². The Hall–Kier alpha value is -1.46. The van der Waals surface area contributed by atoms with Crippen molar-refractivity contribution in [3.05, 3.63) is 10.4 Å². The van der Waals surface area contributed by atoms with Gasteiger partial charge >= 0.3 is 6.09 Å². The Morgan fingerprint density at radius 3 is 2.67 bits per heavy atom. The molecule has 0 bridgehead atoms. The predicted octanol–water partition coefficient (Wildman–Crippen LogP) is 3.10. The molecule has 2 fully saturated rings. The van der Waals surface area contributed by atoms with Crippen LogP contribution in [-0.2, 0) is 9.47 Å². The number of hydrogen-bond donors (Lipinski definition) is 0. The first-order valence-electron chi connectivity index (χ1n) is 7.47. The Morgan fingerprint density at radius 1 is 1.43 bits per heavy atom. The van der Waals surface area contributed by atoms with E-state index in [1.807, 2.05) is 20.8 Å². The zero-order valence-electron chi connectivity index (χ0n) is 13.0. The summed E-state index contributed by atoms with van der Waals surface area (Å²) >= 11 is 0. The molecule has 118 valence electrons. The summed E-state index contributed by atoms with van der Waals surface area (Å²) in [5.74, 6) is 0. The van der Waals surface area contributed by atoms with E-state index in [4.69, 9.17) is 15.0 Å². The molecule has 0 N–H and O–H groups in total. The molecule has 0 saturated carbocycles. The molecule has 0 aromatic heterocycles. The molecule has 2 saturated heterocycles. The van der Waals surface area contributed by atoms with Gasteiger partial charge in [0.15, 0.2) is 0 Å². The summed E-state index contributed by atoms with van der Waals surface area (Å²) in [6.07, 6.45) is 2.45. The molecule has 1 unspecified atom stereocenters. The monoisotopic (exact) mass is 296 g/mol. The number of rotatable bonds is 2. The highest BCUT2D eigenvalue weighted by Crippen LogP contribution is 2.44. The highest BCUT2D eigenvalue weighted by molar-refractivity contribution is 5.68. The van der Waals surface area contributed by atoms with E-state index in [0.29, 0.717) is 26.2 Å². The van der Waals surface area contributed by atoms with Crippen molar-refractivity contribution in [3.8, 4) is 0 Å². The van der Waals surface area contributed by atoms with Crippen molar-refractivity contribution in [2.75, 3.05) is 26.2 Å². The molecule has 21 heavy (non-hydrogen) atoms. The molecule has 2 rings (SSSR count). The van der Waals surface area contributed by atoms with Gasteiger partial charge in [-0.25, -0.2) is 4.79 Å². The SMILES string of the molecule is CC(C)(C)OC(=O)N1CCC2(CCOC2CN=[N+]=[N-])CC1. The van der Waals surface area contributed by atoms with Crippen molar-refractivity contribution in [2.45, 2.75) is 51.7 Å². The number of nitrogens with zero attached hydrogens (tertiary/aromatic N) is 4. The Kier molecular flexibility index (Phi) is 4.64. The number of carbonyl (C=O) groups is 1. The van der Waals surface area contributed by atoms with Gasteiger partial charge in [0.25, 0.3) is 0 Å². The van der Waals surface area contributed by atoms with Crippen molar-refractivity contribution >= 4 is 6.09 Å². The zero-order chi connectivity index (χ0) is 15.5. The van der Waals surface area contributed by atoms with Gasteiger partial charge in [-0.1, -0.05) is 5.11 Å². The summed E-state index contributed by atoms with van der Waals surface area (Å²) in [6, 6.07) is 0. The minimum atomic E-state index is -0.466. The molecular weight excluding hydrogens is 272 g/mol. The van der Waals surface area contributed by atoms with Gasteiger partial charge in [0.05, 0.1) is 12.6 Å². The summed E-state index contributed by atoms with van der Waals surface area (Å²) < 4.78 is 11.1. The van der Waals surface area contributed by atoms with Gasteiger partial charge < -0.3 is 14.4 Å². The first-order chi connectivity index (χ1) is 9.86. The molecular formula is C14H24N4O3.